The molecule has 3 aromatic rings. The van der Waals surface area contributed by atoms with Crippen molar-refractivity contribution in [2.75, 3.05) is 7.05 Å². The van der Waals surface area contributed by atoms with E-state index in [-0.39, 0.29) is 11.8 Å². The van der Waals surface area contributed by atoms with Crippen LogP contribution in [0.5, 0.6) is 0 Å². The zero-order valence-corrected chi connectivity index (χ0v) is 15.4. The smallest absolute Gasteiger partial charge is 0.252 e. The van der Waals surface area contributed by atoms with Gasteiger partial charge < -0.3 is 14.6 Å². The Kier molecular flexibility index (Phi) is 5.71. The lowest BCUT2D eigenvalue weighted by Gasteiger charge is -2.24. The SMILES string of the molecule is Cc1ccc(CN(C)C(=O)C(NC(=O)c2ccccc2)c2ccccc2)o1. The number of hydrogen-bond donors (Lipinski definition) is 1. The molecule has 138 valence electrons. The van der Waals surface area contributed by atoms with E-state index >= 15 is 0 Å². The lowest BCUT2D eigenvalue weighted by atomic mass is 10.0. The van der Waals surface area contributed by atoms with Gasteiger partial charge in [-0.1, -0.05) is 48.5 Å². The van der Waals surface area contributed by atoms with Crippen molar-refractivity contribution in [3.8, 4) is 0 Å². The van der Waals surface area contributed by atoms with Crippen LogP contribution in [0.3, 0.4) is 0 Å². The summed E-state index contributed by atoms with van der Waals surface area (Å²) in [5.74, 6) is 0.993. The van der Waals surface area contributed by atoms with Crippen molar-refractivity contribution in [3.63, 3.8) is 0 Å². The number of likely N-dealkylation sites (N-methyl/N-ethyl adjacent to an activating group) is 1. The van der Waals surface area contributed by atoms with Crippen LogP contribution in [0, 0.1) is 6.92 Å². The highest BCUT2D eigenvalue weighted by atomic mass is 16.3. The molecule has 2 amide bonds. The molecule has 0 spiro atoms. The molecule has 1 heterocycles. The quantitative estimate of drug-likeness (QED) is 0.727. The molecule has 0 aliphatic heterocycles. The first-order valence-corrected chi connectivity index (χ1v) is 8.76. The minimum Gasteiger partial charge on any atom is -0.464 e. The number of furan rings is 1. The van der Waals surface area contributed by atoms with Crippen LogP contribution in [0.4, 0.5) is 0 Å². The Labute approximate surface area is 158 Å². The van der Waals surface area contributed by atoms with Crippen molar-refractivity contribution < 1.29 is 14.0 Å². The van der Waals surface area contributed by atoms with E-state index in [1.54, 1.807) is 36.2 Å². The van der Waals surface area contributed by atoms with Crippen LogP contribution in [-0.2, 0) is 11.3 Å². The van der Waals surface area contributed by atoms with Crippen LogP contribution in [0.15, 0.2) is 77.2 Å². The second-order valence-corrected chi connectivity index (χ2v) is 6.39. The molecule has 0 saturated carbocycles. The Hall–Kier alpha value is -3.34. The lowest BCUT2D eigenvalue weighted by molar-refractivity contribution is -0.132. The summed E-state index contributed by atoms with van der Waals surface area (Å²) >= 11 is 0. The van der Waals surface area contributed by atoms with Gasteiger partial charge in [0.05, 0.1) is 6.54 Å². The third-order valence-corrected chi connectivity index (χ3v) is 4.26. The van der Waals surface area contributed by atoms with Crippen LogP contribution in [-0.4, -0.2) is 23.8 Å². The van der Waals surface area contributed by atoms with Crippen molar-refractivity contribution in [2.45, 2.75) is 19.5 Å². The molecule has 3 rings (SSSR count). The zero-order valence-electron chi connectivity index (χ0n) is 15.4. The van der Waals surface area contributed by atoms with Crippen molar-refractivity contribution in [2.24, 2.45) is 0 Å². The Morgan fingerprint density at radius 1 is 0.963 bits per heavy atom. The monoisotopic (exact) mass is 362 g/mol. The third kappa shape index (κ3) is 4.64. The summed E-state index contributed by atoms with van der Waals surface area (Å²) in [5.41, 5.74) is 1.24. The minimum absolute atomic E-state index is 0.209. The van der Waals surface area contributed by atoms with Gasteiger partial charge in [0.2, 0.25) is 5.91 Å². The van der Waals surface area contributed by atoms with E-state index < -0.39 is 6.04 Å². The predicted molar refractivity (Wildman–Crippen MR) is 103 cm³/mol. The normalized spacial score (nSPS) is 11.6. The fourth-order valence-corrected chi connectivity index (χ4v) is 2.84. The maximum absolute atomic E-state index is 13.1. The fraction of sp³-hybridized carbons (Fsp3) is 0.182. The van der Waals surface area contributed by atoms with Gasteiger partial charge >= 0.3 is 0 Å². The second-order valence-electron chi connectivity index (χ2n) is 6.39. The molecule has 0 aliphatic rings. The number of nitrogens with zero attached hydrogens (tertiary/aromatic N) is 1. The van der Waals surface area contributed by atoms with Gasteiger partial charge in [0.25, 0.3) is 5.91 Å². The molecule has 1 N–H and O–H groups in total. The fourth-order valence-electron chi connectivity index (χ4n) is 2.84. The number of amides is 2. The summed E-state index contributed by atoms with van der Waals surface area (Å²) in [6.07, 6.45) is 0. The number of aryl methyl sites for hydroxylation is 1. The Morgan fingerprint density at radius 3 is 2.19 bits per heavy atom. The van der Waals surface area contributed by atoms with Crippen LogP contribution < -0.4 is 5.32 Å². The summed E-state index contributed by atoms with van der Waals surface area (Å²) in [4.78, 5) is 27.3. The van der Waals surface area contributed by atoms with Gasteiger partial charge in [0, 0.05) is 12.6 Å². The molecule has 5 nitrogen and oxygen atoms in total. The standard InChI is InChI=1S/C22H22N2O3/c1-16-13-14-19(27-16)15-24(2)22(26)20(17-9-5-3-6-10-17)23-21(25)18-11-7-4-8-12-18/h3-14,20H,15H2,1-2H3,(H,23,25). The van der Waals surface area contributed by atoms with Crippen LogP contribution in [0.1, 0.15) is 33.5 Å². The first-order chi connectivity index (χ1) is 13.0. The number of hydrogen-bond acceptors (Lipinski definition) is 3. The van der Waals surface area contributed by atoms with Crippen molar-refractivity contribution in [3.05, 3.63) is 95.4 Å². The van der Waals surface area contributed by atoms with Crippen molar-refractivity contribution in [1.82, 2.24) is 10.2 Å². The molecule has 1 unspecified atom stereocenters. The molecular formula is C22H22N2O3. The largest absolute Gasteiger partial charge is 0.464 e. The summed E-state index contributed by atoms with van der Waals surface area (Å²) in [6.45, 7) is 2.19. The van der Waals surface area contributed by atoms with Crippen molar-refractivity contribution in [1.29, 1.82) is 0 Å². The van der Waals surface area contributed by atoms with Gasteiger partial charge in [0.1, 0.15) is 17.6 Å². The van der Waals surface area contributed by atoms with Gasteiger partial charge in [-0.05, 0) is 36.8 Å². The lowest BCUT2D eigenvalue weighted by Crippen LogP contribution is -2.41. The topological polar surface area (TPSA) is 62.6 Å². The number of nitrogens with one attached hydrogen (secondary N) is 1. The van der Waals surface area contributed by atoms with Gasteiger partial charge in [-0.25, -0.2) is 0 Å². The highest BCUT2D eigenvalue weighted by molar-refractivity contribution is 5.97. The molecule has 0 radical (unpaired) electrons. The van der Waals surface area contributed by atoms with E-state index in [1.165, 1.54) is 0 Å². The zero-order chi connectivity index (χ0) is 19.2. The maximum atomic E-state index is 13.1. The molecule has 0 bridgehead atoms. The highest BCUT2D eigenvalue weighted by Crippen LogP contribution is 2.18. The Bertz CT molecular complexity index is 904. The van der Waals surface area contributed by atoms with E-state index in [2.05, 4.69) is 5.32 Å². The van der Waals surface area contributed by atoms with Gasteiger partial charge in [-0.15, -0.1) is 0 Å². The molecule has 0 saturated heterocycles. The van der Waals surface area contributed by atoms with E-state index in [0.29, 0.717) is 17.9 Å². The number of carbonyl (C=O) groups is 2. The Balaban J connectivity index is 1.81. The average Bonchev–Trinajstić information content (AvgIpc) is 3.11. The number of rotatable bonds is 6. The molecule has 2 aromatic carbocycles. The molecule has 0 aliphatic carbocycles. The summed E-state index contributed by atoms with van der Waals surface area (Å²) in [5, 5.41) is 2.86. The third-order valence-electron chi connectivity index (χ3n) is 4.26. The summed E-state index contributed by atoms with van der Waals surface area (Å²) in [6, 6.07) is 21.0. The number of benzene rings is 2. The van der Waals surface area contributed by atoms with Crippen LogP contribution in [0.2, 0.25) is 0 Å². The molecule has 27 heavy (non-hydrogen) atoms. The van der Waals surface area contributed by atoms with E-state index in [9.17, 15) is 9.59 Å². The molecule has 0 fully saturated rings. The highest BCUT2D eigenvalue weighted by Gasteiger charge is 2.26. The second kappa shape index (κ2) is 8.36. The molecule has 5 heteroatoms. The first kappa shape index (κ1) is 18.5. The first-order valence-electron chi connectivity index (χ1n) is 8.76. The van der Waals surface area contributed by atoms with E-state index in [0.717, 1.165) is 11.3 Å². The minimum atomic E-state index is -0.778. The average molecular weight is 362 g/mol. The van der Waals surface area contributed by atoms with Crippen LogP contribution in [0.25, 0.3) is 0 Å². The Morgan fingerprint density at radius 2 is 1.59 bits per heavy atom. The van der Waals surface area contributed by atoms with Crippen LogP contribution >= 0.6 is 0 Å². The predicted octanol–water partition coefficient (Wildman–Crippen LogP) is 3.72. The number of carbonyl (C=O) groups excluding carboxylic acids is 2. The summed E-state index contributed by atoms with van der Waals surface area (Å²) in [7, 11) is 1.70. The van der Waals surface area contributed by atoms with Crippen molar-refractivity contribution >= 4 is 11.8 Å². The maximum Gasteiger partial charge on any atom is 0.252 e. The van der Waals surface area contributed by atoms with Gasteiger partial charge in [-0.2, -0.15) is 0 Å². The summed E-state index contributed by atoms with van der Waals surface area (Å²) < 4.78 is 5.56. The molecule has 1 aromatic heterocycles. The van der Waals surface area contributed by atoms with Gasteiger partial charge in [-0.3, -0.25) is 9.59 Å². The molecule has 1 atom stereocenters. The van der Waals surface area contributed by atoms with E-state index in [4.69, 9.17) is 4.42 Å². The molecular weight excluding hydrogens is 340 g/mol. The van der Waals surface area contributed by atoms with E-state index in [1.807, 2.05) is 55.5 Å². The van der Waals surface area contributed by atoms with Gasteiger partial charge in [0.15, 0.2) is 0 Å².